The molecule has 1 saturated carbocycles. The van der Waals surface area contributed by atoms with Crippen LogP contribution in [0.5, 0.6) is 0 Å². The zero-order valence-electron chi connectivity index (χ0n) is 11.7. The Kier molecular flexibility index (Phi) is 4.32. The molecule has 7 nitrogen and oxygen atoms in total. The fourth-order valence-electron chi connectivity index (χ4n) is 2.26. The van der Waals surface area contributed by atoms with Gasteiger partial charge in [-0.1, -0.05) is 16.8 Å². The lowest BCUT2D eigenvalue weighted by molar-refractivity contribution is 0.0954. The second-order valence-corrected chi connectivity index (χ2v) is 6.61. The molecule has 2 aromatic rings. The third-order valence-electron chi connectivity index (χ3n) is 3.54. The third-order valence-corrected chi connectivity index (χ3v) is 5.09. The number of hydrogen-bond acceptors (Lipinski definition) is 6. The highest BCUT2D eigenvalue weighted by atomic mass is 35.5. The van der Waals surface area contributed by atoms with Gasteiger partial charge in [-0.25, -0.2) is 4.79 Å². The number of nitrogens with zero attached hydrogens (tertiary/aromatic N) is 1. The van der Waals surface area contributed by atoms with Gasteiger partial charge < -0.3 is 10.1 Å². The summed E-state index contributed by atoms with van der Waals surface area (Å²) in [5, 5.41) is 6.78. The average Bonchev–Trinajstić information content (AvgIpc) is 2.88. The lowest BCUT2D eigenvalue weighted by atomic mass is 10.3. The van der Waals surface area contributed by atoms with Crippen LogP contribution < -0.4 is 11.1 Å². The minimum absolute atomic E-state index is 0.227. The van der Waals surface area contributed by atoms with Gasteiger partial charge in [0.2, 0.25) is 0 Å². The summed E-state index contributed by atoms with van der Waals surface area (Å²) in [6.45, 7) is 1.33. The van der Waals surface area contributed by atoms with E-state index in [1.54, 1.807) is 13.2 Å². The first kappa shape index (κ1) is 15.3. The van der Waals surface area contributed by atoms with Crippen LogP contribution in [0, 0.1) is 11.8 Å². The van der Waals surface area contributed by atoms with Crippen LogP contribution in [0.15, 0.2) is 15.4 Å². The molecule has 3 rings (SSSR count). The van der Waals surface area contributed by atoms with Gasteiger partial charge in [0.1, 0.15) is 4.88 Å². The third kappa shape index (κ3) is 3.23. The highest BCUT2D eigenvalue weighted by molar-refractivity contribution is 7.18. The minimum Gasteiger partial charge on any atom is -0.384 e. The number of carbonyl (C=O) groups is 1. The molecule has 0 unspecified atom stereocenters. The molecule has 2 N–H and O–H groups in total. The maximum absolute atomic E-state index is 12.2. The largest absolute Gasteiger partial charge is 0.439 e. The van der Waals surface area contributed by atoms with Crippen molar-refractivity contribution < 1.29 is 14.1 Å². The van der Waals surface area contributed by atoms with Crippen molar-refractivity contribution in [2.45, 2.75) is 6.42 Å². The molecule has 22 heavy (non-hydrogen) atoms. The number of nitrogens with one attached hydrogen (secondary N) is 2. The maximum atomic E-state index is 12.2. The topological polar surface area (TPSA) is 97.2 Å². The van der Waals surface area contributed by atoms with Crippen LogP contribution in [-0.2, 0) is 4.74 Å². The Morgan fingerprint density at radius 2 is 2.45 bits per heavy atom. The summed E-state index contributed by atoms with van der Waals surface area (Å²) in [6, 6.07) is 1.58. The average molecular weight is 344 g/mol. The van der Waals surface area contributed by atoms with E-state index in [0.29, 0.717) is 33.2 Å². The van der Waals surface area contributed by atoms with E-state index in [1.165, 1.54) is 0 Å². The number of ether oxygens (including phenoxy) is 1. The summed E-state index contributed by atoms with van der Waals surface area (Å²) in [6.07, 6.45) is 1.07. The Morgan fingerprint density at radius 3 is 3.14 bits per heavy atom. The van der Waals surface area contributed by atoms with Gasteiger partial charge in [0, 0.05) is 20.3 Å². The van der Waals surface area contributed by atoms with Crippen molar-refractivity contribution >= 4 is 28.8 Å². The summed E-state index contributed by atoms with van der Waals surface area (Å²) >= 11 is 7.24. The van der Waals surface area contributed by atoms with Crippen molar-refractivity contribution in [2.24, 2.45) is 11.8 Å². The molecule has 0 bridgehead atoms. The zero-order chi connectivity index (χ0) is 15.7. The lowest BCUT2D eigenvalue weighted by Crippen LogP contribution is -2.25. The molecular weight excluding hydrogens is 330 g/mol. The molecule has 0 aromatic carbocycles. The van der Waals surface area contributed by atoms with Crippen LogP contribution >= 0.6 is 22.9 Å². The number of hydrogen-bond donors (Lipinski definition) is 2. The Morgan fingerprint density at radius 1 is 1.64 bits per heavy atom. The molecule has 1 aliphatic rings. The van der Waals surface area contributed by atoms with E-state index in [0.717, 1.165) is 24.4 Å². The maximum Gasteiger partial charge on any atom is 0.439 e. The van der Waals surface area contributed by atoms with Crippen molar-refractivity contribution in [2.75, 3.05) is 20.3 Å². The van der Waals surface area contributed by atoms with E-state index in [1.807, 2.05) is 0 Å². The first-order chi connectivity index (χ1) is 10.6. The van der Waals surface area contributed by atoms with Gasteiger partial charge in [-0.3, -0.25) is 14.3 Å². The van der Waals surface area contributed by atoms with Gasteiger partial charge >= 0.3 is 5.76 Å². The summed E-state index contributed by atoms with van der Waals surface area (Å²) in [4.78, 5) is 26.5. The molecule has 2 atom stereocenters. The van der Waals surface area contributed by atoms with Gasteiger partial charge in [0.25, 0.3) is 5.91 Å². The fraction of sp³-hybridized carbons (Fsp3) is 0.462. The second-order valence-electron chi connectivity index (χ2n) is 5.15. The van der Waals surface area contributed by atoms with Crippen LogP contribution in [0.2, 0.25) is 5.02 Å². The summed E-state index contributed by atoms with van der Waals surface area (Å²) < 4.78 is 9.52. The number of aromatic amines is 1. The Labute approximate surface area is 134 Å². The quantitative estimate of drug-likeness (QED) is 0.833. The van der Waals surface area contributed by atoms with Crippen LogP contribution in [0.1, 0.15) is 16.1 Å². The van der Waals surface area contributed by atoms with Gasteiger partial charge in [-0.15, -0.1) is 11.3 Å². The van der Waals surface area contributed by atoms with Crippen molar-refractivity contribution in [1.29, 1.82) is 0 Å². The lowest BCUT2D eigenvalue weighted by Gasteiger charge is -2.03. The van der Waals surface area contributed by atoms with Gasteiger partial charge in [-0.05, 0) is 24.3 Å². The number of aromatic nitrogens is 2. The predicted molar refractivity (Wildman–Crippen MR) is 81.3 cm³/mol. The number of carbonyl (C=O) groups excluding carboxylic acids is 1. The van der Waals surface area contributed by atoms with E-state index in [-0.39, 0.29) is 11.7 Å². The summed E-state index contributed by atoms with van der Waals surface area (Å²) in [5.41, 5.74) is 0. The van der Waals surface area contributed by atoms with Crippen molar-refractivity contribution in [1.82, 2.24) is 15.5 Å². The first-order valence-corrected chi connectivity index (χ1v) is 7.90. The molecule has 1 aliphatic carbocycles. The minimum atomic E-state index is -0.650. The fourth-order valence-corrected chi connectivity index (χ4v) is 3.54. The number of amides is 1. The predicted octanol–water partition coefficient (Wildman–Crippen LogP) is 1.76. The molecule has 118 valence electrons. The smallest absolute Gasteiger partial charge is 0.384 e. The molecule has 0 radical (unpaired) electrons. The van der Waals surface area contributed by atoms with Crippen molar-refractivity contribution in [3.63, 3.8) is 0 Å². The van der Waals surface area contributed by atoms with Crippen LogP contribution in [0.3, 0.4) is 0 Å². The van der Waals surface area contributed by atoms with E-state index in [9.17, 15) is 9.59 Å². The van der Waals surface area contributed by atoms with E-state index >= 15 is 0 Å². The number of methoxy groups -OCH3 is 1. The SMILES string of the molecule is COC[C@@H]1C[C@H]1CNC(=O)c1sc(-c2noc(=O)[nH]2)cc1Cl. The molecule has 0 spiro atoms. The molecule has 0 aliphatic heterocycles. The summed E-state index contributed by atoms with van der Waals surface area (Å²) in [7, 11) is 1.68. The number of thiophene rings is 1. The van der Waals surface area contributed by atoms with E-state index in [4.69, 9.17) is 16.3 Å². The Balaban J connectivity index is 1.63. The van der Waals surface area contributed by atoms with E-state index < -0.39 is 5.76 Å². The molecule has 2 heterocycles. The van der Waals surface area contributed by atoms with Crippen LogP contribution in [0.25, 0.3) is 10.7 Å². The number of halogens is 1. The molecule has 0 saturated heterocycles. The first-order valence-electron chi connectivity index (χ1n) is 6.71. The molecule has 1 amide bonds. The van der Waals surface area contributed by atoms with Gasteiger partial charge in [-0.2, -0.15) is 0 Å². The van der Waals surface area contributed by atoms with Crippen molar-refractivity contribution in [3.8, 4) is 10.7 Å². The molecule has 1 fully saturated rings. The van der Waals surface area contributed by atoms with Gasteiger partial charge in [0.15, 0.2) is 5.82 Å². The van der Waals surface area contributed by atoms with Crippen molar-refractivity contribution in [3.05, 3.63) is 26.5 Å². The van der Waals surface area contributed by atoms with E-state index in [2.05, 4.69) is 20.0 Å². The number of rotatable bonds is 6. The highest BCUT2D eigenvalue weighted by Gasteiger charge is 2.37. The normalized spacial score (nSPS) is 20.1. The standard InChI is InChI=1S/C13H14ClN3O4S/c1-20-5-7-2-6(7)4-15-12(18)10-8(14)3-9(22-10)11-16-13(19)21-17-11/h3,6-7H,2,4-5H2,1H3,(H,15,18)(H,16,17,19)/t6-,7-/m0/s1. The second kappa shape index (κ2) is 6.23. The summed E-state index contributed by atoms with van der Waals surface area (Å²) in [5.74, 6) is 0.380. The Hall–Kier alpha value is -1.64. The molecular formula is C13H14ClN3O4S. The zero-order valence-corrected chi connectivity index (χ0v) is 13.3. The molecule has 2 aromatic heterocycles. The van der Waals surface area contributed by atoms with Crippen LogP contribution in [0.4, 0.5) is 0 Å². The Bertz CT molecular complexity index is 738. The molecule has 9 heteroatoms. The van der Waals surface area contributed by atoms with Gasteiger partial charge in [0.05, 0.1) is 9.90 Å². The number of H-pyrrole nitrogens is 1. The monoisotopic (exact) mass is 343 g/mol. The van der Waals surface area contributed by atoms with Crippen LogP contribution in [-0.4, -0.2) is 36.3 Å². The highest BCUT2D eigenvalue weighted by Crippen LogP contribution is 2.38.